The van der Waals surface area contributed by atoms with Crippen molar-refractivity contribution < 1.29 is 4.79 Å². The van der Waals surface area contributed by atoms with Crippen LogP contribution in [0.2, 0.25) is 0 Å². The van der Waals surface area contributed by atoms with Gasteiger partial charge < -0.3 is 4.90 Å². The average Bonchev–Trinajstić information content (AvgIpc) is 3.01. The average molecular weight is 324 g/mol. The lowest BCUT2D eigenvalue weighted by Gasteiger charge is -2.38. The first-order valence-corrected chi connectivity index (χ1v) is 8.33. The van der Waals surface area contributed by atoms with Crippen LogP contribution in [0.15, 0.2) is 42.9 Å². The summed E-state index contributed by atoms with van der Waals surface area (Å²) in [5.41, 5.74) is 2.48. The van der Waals surface area contributed by atoms with Gasteiger partial charge in [0.05, 0.1) is 11.9 Å². The van der Waals surface area contributed by atoms with Crippen LogP contribution in [-0.2, 0) is 16.9 Å². The summed E-state index contributed by atoms with van der Waals surface area (Å²) in [6, 6.07) is 8.50. The van der Waals surface area contributed by atoms with Gasteiger partial charge in [0.15, 0.2) is 0 Å². The lowest BCUT2D eigenvalue weighted by Crippen LogP contribution is -2.52. The fourth-order valence-electron chi connectivity index (χ4n) is 3.53. The van der Waals surface area contributed by atoms with Gasteiger partial charge in [-0.15, -0.1) is 0 Å². The highest BCUT2D eigenvalue weighted by Gasteiger charge is 2.50. The molecule has 1 fully saturated rings. The number of rotatable bonds is 4. The van der Waals surface area contributed by atoms with Gasteiger partial charge in [0.25, 0.3) is 0 Å². The summed E-state index contributed by atoms with van der Waals surface area (Å²) < 4.78 is 0. The van der Waals surface area contributed by atoms with Crippen molar-refractivity contribution in [1.82, 2.24) is 19.8 Å². The SMILES string of the molecule is Cc1ccc(CN2CCC[C@@]2(C(=O)N(C)C)c2cnccn2)cc1. The van der Waals surface area contributed by atoms with E-state index < -0.39 is 5.54 Å². The van der Waals surface area contributed by atoms with Crippen LogP contribution in [0.1, 0.15) is 29.7 Å². The predicted molar refractivity (Wildman–Crippen MR) is 93.2 cm³/mol. The summed E-state index contributed by atoms with van der Waals surface area (Å²) in [5.74, 6) is 0.0765. The van der Waals surface area contributed by atoms with Gasteiger partial charge in [-0.2, -0.15) is 0 Å². The number of carbonyl (C=O) groups excluding carboxylic acids is 1. The number of nitrogens with zero attached hydrogens (tertiary/aromatic N) is 4. The van der Waals surface area contributed by atoms with Gasteiger partial charge in [-0.1, -0.05) is 29.8 Å². The molecule has 0 radical (unpaired) electrons. The highest BCUT2D eigenvalue weighted by Crippen LogP contribution is 2.40. The predicted octanol–water partition coefficient (Wildman–Crippen LogP) is 2.36. The number of hydrogen-bond acceptors (Lipinski definition) is 4. The number of aryl methyl sites for hydroxylation is 1. The molecule has 1 aliphatic heterocycles. The van der Waals surface area contributed by atoms with E-state index in [1.54, 1.807) is 23.5 Å². The van der Waals surface area contributed by atoms with E-state index in [9.17, 15) is 4.79 Å². The molecule has 1 saturated heterocycles. The summed E-state index contributed by atoms with van der Waals surface area (Å²) in [4.78, 5) is 25.8. The Labute approximate surface area is 143 Å². The number of likely N-dealkylation sites (N-methyl/N-ethyl adjacent to an activating group) is 1. The zero-order valence-corrected chi connectivity index (χ0v) is 14.6. The number of amides is 1. The first-order chi connectivity index (χ1) is 11.5. The molecule has 126 valence electrons. The lowest BCUT2D eigenvalue weighted by molar-refractivity contribution is -0.141. The standard InChI is InChI=1S/C19H24N4O/c1-15-5-7-16(8-6-15)14-23-12-4-9-19(23,18(24)22(2)3)17-13-20-10-11-21-17/h5-8,10-11,13H,4,9,12,14H2,1-3H3/t19-/m0/s1. The molecule has 5 heteroatoms. The number of likely N-dealkylation sites (tertiary alicyclic amines) is 1. The van der Waals surface area contributed by atoms with Gasteiger partial charge in [-0.3, -0.25) is 19.7 Å². The maximum atomic E-state index is 13.1. The Morgan fingerprint density at radius 3 is 2.62 bits per heavy atom. The summed E-state index contributed by atoms with van der Waals surface area (Å²) >= 11 is 0. The molecular weight excluding hydrogens is 300 g/mol. The minimum absolute atomic E-state index is 0.0765. The summed E-state index contributed by atoms with van der Waals surface area (Å²) in [7, 11) is 3.62. The molecule has 0 bridgehead atoms. The zero-order valence-electron chi connectivity index (χ0n) is 14.6. The molecule has 3 rings (SSSR count). The van der Waals surface area contributed by atoms with Crippen LogP contribution < -0.4 is 0 Å². The monoisotopic (exact) mass is 324 g/mol. The maximum absolute atomic E-state index is 13.1. The lowest BCUT2D eigenvalue weighted by atomic mass is 9.90. The molecule has 24 heavy (non-hydrogen) atoms. The molecule has 1 aliphatic rings. The van der Waals surface area contributed by atoms with E-state index in [4.69, 9.17) is 0 Å². The van der Waals surface area contributed by atoms with E-state index in [-0.39, 0.29) is 5.91 Å². The Bertz CT molecular complexity index is 699. The van der Waals surface area contributed by atoms with Crippen LogP contribution >= 0.6 is 0 Å². The summed E-state index contributed by atoms with van der Waals surface area (Å²) in [6.07, 6.45) is 6.80. The summed E-state index contributed by atoms with van der Waals surface area (Å²) in [5, 5.41) is 0. The molecule has 1 atom stereocenters. The van der Waals surface area contributed by atoms with Crippen molar-refractivity contribution in [3.8, 4) is 0 Å². The molecule has 0 saturated carbocycles. The third kappa shape index (κ3) is 2.91. The Hall–Kier alpha value is -2.27. The highest BCUT2D eigenvalue weighted by molar-refractivity contribution is 5.87. The topological polar surface area (TPSA) is 49.3 Å². The molecular formula is C19H24N4O. The molecule has 2 aromatic rings. The van der Waals surface area contributed by atoms with Gasteiger partial charge in [0, 0.05) is 33.0 Å². The van der Waals surface area contributed by atoms with Crippen molar-refractivity contribution >= 4 is 5.91 Å². The van der Waals surface area contributed by atoms with Crippen LogP contribution in [-0.4, -0.2) is 46.3 Å². The first kappa shape index (κ1) is 16.6. The fourth-order valence-corrected chi connectivity index (χ4v) is 3.53. The van der Waals surface area contributed by atoms with E-state index >= 15 is 0 Å². The van der Waals surface area contributed by atoms with Gasteiger partial charge in [-0.25, -0.2) is 0 Å². The van der Waals surface area contributed by atoms with Crippen LogP contribution in [0.25, 0.3) is 0 Å². The van der Waals surface area contributed by atoms with Crippen LogP contribution in [0.3, 0.4) is 0 Å². The summed E-state index contributed by atoms with van der Waals surface area (Å²) in [6.45, 7) is 3.69. The number of aromatic nitrogens is 2. The Morgan fingerprint density at radius 2 is 2.00 bits per heavy atom. The minimum atomic E-state index is -0.720. The van der Waals surface area contributed by atoms with Crippen molar-refractivity contribution in [1.29, 1.82) is 0 Å². The van der Waals surface area contributed by atoms with Crippen molar-refractivity contribution in [3.05, 3.63) is 59.7 Å². The van der Waals surface area contributed by atoms with Crippen LogP contribution in [0, 0.1) is 6.92 Å². The largest absolute Gasteiger partial charge is 0.347 e. The fraction of sp³-hybridized carbons (Fsp3) is 0.421. The van der Waals surface area contributed by atoms with Crippen molar-refractivity contribution in [2.45, 2.75) is 31.8 Å². The number of benzene rings is 1. The smallest absolute Gasteiger partial charge is 0.248 e. The van der Waals surface area contributed by atoms with Crippen molar-refractivity contribution in [2.24, 2.45) is 0 Å². The van der Waals surface area contributed by atoms with Crippen LogP contribution in [0.5, 0.6) is 0 Å². The minimum Gasteiger partial charge on any atom is -0.347 e. The Morgan fingerprint density at radius 1 is 1.25 bits per heavy atom. The second-order valence-electron chi connectivity index (χ2n) is 6.66. The molecule has 1 amide bonds. The van der Waals surface area contributed by atoms with E-state index in [1.807, 2.05) is 14.1 Å². The maximum Gasteiger partial charge on any atom is 0.248 e. The Kier molecular flexibility index (Phi) is 4.62. The molecule has 0 unspecified atom stereocenters. The first-order valence-electron chi connectivity index (χ1n) is 8.33. The molecule has 1 aromatic carbocycles. The second kappa shape index (κ2) is 6.69. The molecule has 2 heterocycles. The number of hydrogen-bond donors (Lipinski definition) is 0. The highest BCUT2D eigenvalue weighted by atomic mass is 16.2. The van der Waals surface area contributed by atoms with Crippen LogP contribution in [0.4, 0.5) is 0 Å². The molecule has 1 aromatic heterocycles. The van der Waals surface area contributed by atoms with Gasteiger partial charge in [0.1, 0.15) is 5.54 Å². The van der Waals surface area contributed by atoms with E-state index in [1.165, 1.54) is 11.1 Å². The quantitative estimate of drug-likeness (QED) is 0.866. The van der Waals surface area contributed by atoms with E-state index in [2.05, 4.69) is 46.1 Å². The zero-order chi connectivity index (χ0) is 17.2. The van der Waals surface area contributed by atoms with E-state index in [0.29, 0.717) is 0 Å². The van der Waals surface area contributed by atoms with Crippen molar-refractivity contribution in [3.63, 3.8) is 0 Å². The van der Waals surface area contributed by atoms with Crippen molar-refractivity contribution in [2.75, 3.05) is 20.6 Å². The molecule has 0 N–H and O–H groups in total. The van der Waals surface area contributed by atoms with Gasteiger partial charge in [0.2, 0.25) is 5.91 Å². The molecule has 0 aliphatic carbocycles. The third-order valence-electron chi connectivity index (χ3n) is 4.75. The van der Waals surface area contributed by atoms with E-state index in [0.717, 1.165) is 31.6 Å². The number of carbonyl (C=O) groups is 1. The third-order valence-corrected chi connectivity index (χ3v) is 4.75. The molecule has 0 spiro atoms. The second-order valence-corrected chi connectivity index (χ2v) is 6.66. The van der Waals surface area contributed by atoms with Gasteiger partial charge >= 0.3 is 0 Å². The van der Waals surface area contributed by atoms with Gasteiger partial charge in [-0.05, 0) is 31.9 Å². The molecule has 5 nitrogen and oxygen atoms in total. The Balaban J connectivity index is 2.00. The normalized spacial score (nSPS) is 21.0.